The third-order valence-corrected chi connectivity index (χ3v) is 6.45. The minimum absolute atomic E-state index is 0.0131. The Balaban J connectivity index is 1.33. The summed E-state index contributed by atoms with van der Waals surface area (Å²) in [4.78, 5) is 44.7. The van der Waals surface area contributed by atoms with E-state index in [1.54, 1.807) is 37.5 Å². The fourth-order valence-electron chi connectivity index (χ4n) is 4.84. The lowest BCUT2D eigenvalue weighted by Crippen LogP contribution is -2.45. The number of likely N-dealkylation sites (tertiary alicyclic amines) is 1. The highest BCUT2D eigenvalue weighted by molar-refractivity contribution is 5.99. The van der Waals surface area contributed by atoms with Crippen LogP contribution in [0.3, 0.4) is 0 Å². The number of carbonyl (C=O) groups is 3. The van der Waals surface area contributed by atoms with Gasteiger partial charge in [0.2, 0.25) is 0 Å². The zero-order valence-electron chi connectivity index (χ0n) is 18.8. The Morgan fingerprint density at radius 1 is 1.18 bits per heavy atom. The normalized spacial score (nSPS) is 20.8. The Morgan fingerprint density at radius 2 is 1.94 bits per heavy atom. The Morgan fingerprint density at radius 3 is 2.71 bits per heavy atom. The minimum Gasteiger partial charge on any atom is -0.461 e. The minimum atomic E-state index is -0.672. The van der Waals surface area contributed by atoms with E-state index < -0.39 is 12.1 Å². The van der Waals surface area contributed by atoms with Crippen molar-refractivity contribution in [3.05, 3.63) is 77.8 Å². The van der Waals surface area contributed by atoms with Gasteiger partial charge in [0.1, 0.15) is 18.1 Å². The van der Waals surface area contributed by atoms with Gasteiger partial charge >= 0.3 is 0 Å². The van der Waals surface area contributed by atoms with Crippen molar-refractivity contribution in [3.63, 3.8) is 0 Å². The molecule has 2 aliphatic rings. The van der Waals surface area contributed by atoms with Crippen molar-refractivity contribution in [1.29, 1.82) is 0 Å². The van der Waals surface area contributed by atoms with E-state index in [4.69, 9.17) is 9.15 Å². The Labute approximate surface area is 196 Å². The third-order valence-electron chi connectivity index (χ3n) is 6.45. The summed E-state index contributed by atoms with van der Waals surface area (Å²) in [6.45, 7) is 2.18. The van der Waals surface area contributed by atoms with Crippen LogP contribution in [-0.4, -0.2) is 59.2 Å². The number of hydrogen-bond acceptors (Lipinski definition) is 7. The predicted octanol–water partition coefficient (Wildman–Crippen LogP) is 2.73. The van der Waals surface area contributed by atoms with Gasteiger partial charge in [-0.2, -0.15) is 0 Å². The van der Waals surface area contributed by atoms with Gasteiger partial charge < -0.3 is 14.5 Å². The van der Waals surface area contributed by atoms with Gasteiger partial charge in [-0.3, -0.25) is 24.3 Å². The number of Topliss-reactive ketones (excluding diaryl/α,β-unsaturated/α-hetero) is 2. The summed E-state index contributed by atoms with van der Waals surface area (Å²) in [5.74, 6) is 0.465. The van der Waals surface area contributed by atoms with Crippen LogP contribution in [0.4, 0.5) is 0 Å². The zero-order valence-corrected chi connectivity index (χ0v) is 18.8. The van der Waals surface area contributed by atoms with E-state index >= 15 is 0 Å². The van der Waals surface area contributed by atoms with E-state index in [-0.39, 0.29) is 36.7 Å². The maximum Gasteiger partial charge on any atom is 0.255 e. The van der Waals surface area contributed by atoms with Crippen LogP contribution in [0.2, 0.25) is 0 Å². The van der Waals surface area contributed by atoms with Gasteiger partial charge in [0.25, 0.3) is 5.91 Å². The van der Waals surface area contributed by atoms with Crippen molar-refractivity contribution in [2.75, 3.05) is 19.7 Å². The third kappa shape index (κ3) is 4.18. The van der Waals surface area contributed by atoms with Crippen molar-refractivity contribution in [2.45, 2.75) is 31.5 Å². The van der Waals surface area contributed by atoms with Gasteiger partial charge in [0.15, 0.2) is 11.6 Å². The van der Waals surface area contributed by atoms with E-state index in [1.807, 2.05) is 35.2 Å². The molecule has 3 unspecified atom stereocenters. The van der Waals surface area contributed by atoms with Gasteiger partial charge in [-0.05, 0) is 37.1 Å². The average Bonchev–Trinajstić information content (AvgIpc) is 3.56. The van der Waals surface area contributed by atoms with E-state index in [2.05, 4.69) is 10.3 Å². The SMILES string of the molecule is Cc1oc(-c2ccccc2)cc1C(=O)NCC(=O)C(c1ccncc1)N1CCC2OCC(=O)C21. The molecule has 0 saturated carbocycles. The van der Waals surface area contributed by atoms with Crippen LogP contribution in [0.5, 0.6) is 0 Å². The van der Waals surface area contributed by atoms with Crippen molar-refractivity contribution < 1.29 is 23.5 Å². The molecule has 8 heteroatoms. The first-order chi connectivity index (χ1) is 16.5. The van der Waals surface area contributed by atoms with E-state index in [1.165, 1.54) is 0 Å². The molecule has 2 fully saturated rings. The summed E-state index contributed by atoms with van der Waals surface area (Å²) in [5, 5.41) is 2.74. The smallest absolute Gasteiger partial charge is 0.255 e. The average molecular weight is 460 g/mol. The summed E-state index contributed by atoms with van der Waals surface area (Å²) >= 11 is 0. The van der Waals surface area contributed by atoms with E-state index in [0.717, 1.165) is 11.1 Å². The van der Waals surface area contributed by atoms with E-state index in [0.29, 0.717) is 30.0 Å². The number of aromatic nitrogens is 1. The standard InChI is InChI=1S/C26H25N3O5/c1-16-19(13-23(34-16)17-5-3-2-4-6-17)26(32)28-14-20(30)24(18-7-10-27-11-8-18)29-12-9-22-25(29)21(31)15-33-22/h2-8,10-11,13,22,24-25H,9,12,14-15H2,1H3,(H,28,32). The number of hydrogen-bond donors (Lipinski definition) is 1. The number of benzene rings is 1. The summed E-state index contributed by atoms with van der Waals surface area (Å²) in [6, 6.07) is 13.6. The molecule has 34 heavy (non-hydrogen) atoms. The number of ether oxygens (including phenoxy) is 1. The largest absolute Gasteiger partial charge is 0.461 e. The van der Waals surface area contributed by atoms with Crippen LogP contribution in [-0.2, 0) is 14.3 Å². The molecular weight excluding hydrogens is 434 g/mol. The molecule has 2 aromatic heterocycles. The number of nitrogens with one attached hydrogen (secondary N) is 1. The van der Waals surface area contributed by atoms with Crippen LogP contribution in [0.25, 0.3) is 11.3 Å². The molecular formula is C26H25N3O5. The van der Waals surface area contributed by atoms with Crippen LogP contribution < -0.4 is 5.32 Å². The summed E-state index contributed by atoms with van der Waals surface area (Å²) in [7, 11) is 0. The maximum absolute atomic E-state index is 13.4. The first-order valence-electron chi connectivity index (χ1n) is 11.3. The number of nitrogens with zero attached hydrogens (tertiary/aromatic N) is 2. The lowest BCUT2D eigenvalue weighted by atomic mass is 9.99. The van der Waals surface area contributed by atoms with Gasteiger partial charge in [-0.1, -0.05) is 30.3 Å². The molecule has 2 saturated heterocycles. The molecule has 1 amide bonds. The molecule has 2 aliphatic heterocycles. The Hall–Kier alpha value is -3.62. The number of rotatable bonds is 7. The van der Waals surface area contributed by atoms with Crippen LogP contribution in [0, 0.1) is 6.92 Å². The molecule has 3 atom stereocenters. The highest BCUT2D eigenvalue weighted by atomic mass is 16.5. The molecule has 4 heterocycles. The molecule has 0 radical (unpaired) electrons. The van der Waals surface area contributed by atoms with Crippen molar-refractivity contribution in [1.82, 2.24) is 15.2 Å². The second-order valence-electron chi connectivity index (χ2n) is 8.57. The Kier molecular flexibility index (Phi) is 6.08. The second kappa shape index (κ2) is 9.32. The lowest BCUT2D eigenvalue weighted by Gasteiger charge is -2.30. The predicted molar refractivity (Wildman–Crippen MR) is 123 cm³/mol. The first kappa shape index (κ1) is 22.2. The highest BCUT2D eigenvalue weighted by Crippen LogP contribution is 2.35. The molecule has 5 rings (SSSR count). The molecule has 1 aromatic carbocycles. The highest BCUT2D eigenvalue weighted by Gasteiger charge is 2.48. The fraction of sp³-hybridized carbons (Fsp3) is 0.308. The summed E-state index contributed by atoms with van der Waals surface area (Å²) in [6.07, 6.45) is 3.74. The molecule has 174 valence electrons. The Bertz CT molecular complexity index is 1210. The van der Waals surface area contributed by atoms with Crippen molar-refractivity contribution in [3.8, 4) is 11.3 Å². The van der Waals surface area contributed by atoms with Gasteiger partial charge in [-0.15, -0.1) is 0 Å². The number of pyridine rings is 1. The topological polar surface area (TPSA) is 102 Å². The lowest BCUT2D eigenvalue weighted by molar-refractivity contribution is -0.127. The van der Waals surface area contributed by atoms with Crippen molar-refractivity contribution >= 4 is 17.5 Å². The molecule has 0 spiro atoms. The monoisotopic (exact) mass is 459 g/mol. The number of furan rings is 1. The molecule has 8 nitrogen and oxygen atoms in total. The second-order valence-corrected chi connectivity index (χ2v) is 8.57. The molecule has 0 bridgehead atoms. The quantitative estimate of drug-likeness (QED) is 0.580. The van der Waals surface area contributed by atoms with Gasteiger partial charge in [-0.25, -0.2) is 0 Å². The fourth-order valence-corrected chi connectivity index (χ4v) is 4.84. The first-order valence-corrected chi connectivity index (χ1v) is 11.3. The van der Waals surface area contributed by atoms with Gasteiger partial charge in [0.05, 0.1) is 30.3 Å². The van der Waals surface area contributed by atoms with Crippen LogP contribution in [0.15, 0.2) is 65.3 Å². The summed E-state index contributed by atoms with van der Waals surface area (Å²) in [5.41, 5.74) is 1.98. The van der Waals surface area contributed by atoms with E-state index in [9.17, 15) is 14.4 Å². The molecule has 1 N–H and O–H groups in total. The van der Waals surface area contributed by atoms with Gasteiger partial charge in [0, 0.05) is 24.5 Å². The molecule has 0 aliphatic carbocycles. The van der Waals surface area contributed by atoms with Crippen LogP contribution >= 0.6 is 0 Å². The number of aryl methyl sites for hydroxylation is 1. The zero-order chi connectivity index (χ0) is 23.7. The number of amides is 1. The maximum atomic E-state index is 13.4. The van der Waals surface area contributed by atoms with Crippen molar-refractivity contribution in [2.24, 2.45) is 0 Å². The van der Waals surface area contributed by atoms with Crippen LogP contribution in [0.1, 0.15) is 34.1 Å². The number of ketones is 2. The number of carbonyl (C=O) groups excluding carboxylic acids is 3. The molecule has 3 aromatic rings. The number of fused-ring (bicyclic) bond motifs is 1. The summed E-state index contributed by atoms with van der Waals surface area (Å²) < 4.78 is 11.4.